The van der Waals surface area contributed by atoms with Gasteiger partial charge in [-0.05, 0) is 44.1 Å². The second kappa shape index (κ2) is 5.88. The van der Waals surface area contributed by atoms with Crippen LogP contribution in [0.5, 0.6) is 0 Å². The Hall–Kier alpha value is -0.620. The largest absolute Gasteiger partial charge is 0.434 e. The van der Waals surface area contributed by atoms with E-state index in [1.54, 1.807) is 0 Å². The molecule has 1 N–H and O–H groups in total. The fourth-order valence-electron chi connectivity index (χ4n) is 3.80. The molecule has 21 heavy (non-hydrogen) atoms. The zero-order valence-corrected chi connectivity index (χ0v) is 13.0. The molecule has 1 heterocycles. The van der Waals surface area contributed by atoms with Crippen LogP contribution in [0.25, 0.3) is 0 Å². The Morgan fingerprint density at radius 3 is 2.67 bits per heavy atom. The van der Waals surface area contributed by atoms with Crippen molar-refractivity contribution in [3.8, 4) is 0 Å². The minimum absolute atomic E-state index is 0.273. The van der Waals surface area contributed by atoms with E-state index in [1.807, 2.05) is 6.92 Å². The molecule has 1 aromatic heterocycles. The average molecular weight is 318 g/mol. The van der Waals surface area contributed by atoms with Crippen LogP contribution in [0, 0.1) is 11.8 Å². The monoisotopic (exact) mass is 318 g/mol. The molecule has 2 nitrogen and oxygen atoms in total. The van der Waals surface area contributed by atoms with E-state index in [-0.39, 0.29) is 12.5 Å². The lowest BCUT2D eigenvalue weighted by atomic mass is 9.89. The Kier molecular flexibility index (Phi) is 4.28. The highest BCUT2D eigenvalue weighted by Gasteiger charge is 2.44. The van der Waals surface area contributed by atoms with Crippen molar-refractivity contribution in [3.05, 3.63) is 15.6 Å². The summed E-state index contributed by atoms with van der Waals surface area (Å²) < 4.78 is 39.5. The zero-order valence-electron chi connectivity index (χ0n) is 12.2. The summed E-state index contributed by atoms with van der Waals surface area (Å²) in [6.45, 7) is 3.02. The van der Waals surface area contributed by atoms with Gasteiger partial charge in [0.1, 0.15) is 0 Å². The third-order valence-electron chi connectivity index (χ3n) is 4.75. The highest BCUT2D eigenvalue weighted by atomic mass is 32.1. The topological polar surface area (TPSA) is 24.9 Å². The van der Waals surface area contributed by atoms with Gasteiger partial charge in [-0.3, -0.25) is 0 Å². The van der Waals surface area contributed by atoms with Crippen molar-refractivity contribution in [1.82, 2.24) is 10.3 Å². The Balaban J connectivity index is 1.81. The van der Waals surface area contributed by atoms with Gasteiger partial charge in [0.2, 0.25) is 0 Å². The van der Waals surface area contributed by atoms with Crippen LogP contribution in [0.15, 0.2) is 0 Å². The Morgan fingerprint density at radius 2 is 2.10 bits per heavy atom. The molecule has 3 rings (SSSR count). The van der Waals surface area contributed by atoms with Crippen LogP contribution in [-0.2, 0) is 12.7 Å². The van der Waals surface area contributed by atoms with Gasteiger partial charge in [0.25, 0.3) is 0 Å². The molecule has 2 fully saturated rings. The molecule has 2 aliphatic carbocycles. The molecule has 3 atom stereocenters. The molecule has 0 amide bonds. The number of nitrogens with zero attached hydrogens (tertiary/aromatic N) is 1. The lowest BCUT2D eigenvalue weighted by Crippen LogP contribution is -2.17. The lowest BCUT2D eigenvalue weighted by Gasteiger charge is -2.18. The SMILES string of the molecule is CCCNCc1sc(C2CC3CCC2C3)nc1C(F)(F)F. The third kappa shape index (κ3) is 3.11. The molecule has 118 valence electrons. The van der Waals surface area contributed by atoms with Crippen LogP contribution in [0.1, 0.15) is 60.5 Å². The van der Waals surface area contributed by atoms with Gasteiger partial charge in [-0.25, -0.2) is 4.98 Å². The number of hydrogen-bond acceptors (Lipinski definition) is 3. The maximum Gasteiger partial charge on any atom is 0.434 e. The number of halogens is 3. The Bertz CT molecular complexity index is 498. The van der Waals surface area contributed by atoms with E-state index in [2.05, 4.69) is 10.3 Å². The van der Waals surface area contributed by atoms with Crippen LogP contribution in [0.4, 0.5) is 13.2 Å². The number of aromatic nitrogens is 1. The molecule has 0 aromatic carbocycles. The first-order valence-electron chi connectivity index (χ1n) is 7.76. The Morgan fingerprint density at radius 1 is 1.29 bits per heavy atom. The number of fused-ring (bicyclic) bond motifs is 2. The minimum atomic E-state index is -4.34. The van der Waals surface area contributed by atoms with Crippen LogP contribution >= 0.6 is 11.3 Å². The number of nitrogens with one attached hydrogen (secondary N) is 1. The van der Waals surface area contributed by atoms with Crippen LogP contribution < -0.4 is 5.32 Å². The molecule has 0 radical (unpaired) electrons. The quantitative estimate of drug-likeness (QED) is 0.805. The van der Waals surface area contributed by atoms with Crippen LogP contribution in [-0.4, -0.2) is 11.5 Å². The number of rotatable bonds is 5. The van der Waals surface area contributed by atoms with E-state index in [0.717, 1.165) is 30.3 Å². The fourth-order valence-corrected chi connectivity index (χ4v) is 5.06. The van der Waals surface area contributed by atoms with Crippen molar-refractivity contribution in [2.75, 3.05) is 6.54 Å². The zero-order chi connectivity index (χ0) is 15.0. The van der Waals surface area contributed by atoms with Crippen LogP contribution in [0.2, 0.25) is 0 Å². The molecule has 2 saturated carbocycles. The fraction of sp³-hybridized carbons (Fsp3) is 0.800. The highest BCUT2D eigenvalue weighted by Crippen LogP contribution is 2.54. The smallest absolute Gasteiger partial charge is 0.312 e. The molecule has 3 unspecified atom stereocenters. The molecule has 0 spiro atoms. The molecule has 2 bridgehead atoms. The van der Waals surface area contributed by atoms with E-state index >= 15 is 0 Å². The standard InChI is InChI=1S/C15H21F3N2S/c1-2-5-19-8-12-13(15(16,17)18)20-14(21-12)11-7-9-3-4-10(11)6-9/h9-11,19H,2-8H2,1H3. The van der Waals surface area contributed by atoms with Gasteiger partial charge in [-0.15, -0.1) is 11.3 Å². The highest BCUT2D eigenvalue weighted by molar-refractivity contribution is 7.11. The van der Waals surface area contributed by atoms with E-state index in [0.29, 0.717) is 10.8 Å². The minimum Gasteiger partial charge on any atom is -0.312 e. The van der Waals surface area contributed by atoms with E-state index in [9.17, 15) is 13.2 Å². The summed E-state index contributed by atoms with van der Waals surface area (Å²) in [7, 11) is 0. The summed E-state index contributed by atoms with van der Waals surface area (Å²) in [6, 6.07) is 0. The number of thiazole rings is 1. The van der Waals surface area contributed by atoms with Gasteiger partial charge in [0.15, 0.2) is 5.69 Å². The van der Waals surface area contributed by atoms with Crippen molar-refractivity contribution < 1.29 is 13.2 Å². The molecule has 0 aliphatic heterocycles. The first-order valence-corrected chi connectivity index (χ1v) is 8.58. The summed E-state index contributed by atoms with van der Waals surface area (Å²) in [5.74, 6) is 1.56. The predicted octanol–water partition coefficient (Wildman–Crippen LogP) is 4.57. The van der Waals surface area contributed by atoms with Crippen molar-refractivity contribution in [2.45, 2.75) is 57.7 Å². The summed E-state index contributed by atoms with van der Waals surface area (Å²) in [6.07, 6.45) is 1.23. The van der Waals surface area contributed by atoms with Gasteiger partial charge >= 0.3 is 6.18 Å². The molecular formula is C15H21F3N2S. The second-order valence-electron chi connectivity index (χ2n) is 6.28. The van der Waals surface area contributed by atoms with Crippen molar-refractivity contribution in [3.63, 3.8) is 0 Å². The van der Waals surface area contributed by atoms with Gasteiger partial charge in [-0.2, -0.15) is 13.2 Å². The van der Waals surface area contributed by atoms with Gasteiger partial charge in [0.05, 0.1) is 9.88 Å². The molecule has 6 heteroatoms. The second-order valence-corrected chi connectivity index (χ2v) is 7.39. The first-order chi connectivity index (χ1) is 9.99. The molecule has 2 aliphatic rings. The summed E-state index contributed by atoms with van der Waals surface area (Å²) >= 11 is 1.28. The normalized spacial score (nSPS) is 28.5. The summed E-state index contributed by atoms with van der Waals surface area (Å²) in [4.78, 5) is 4.37. The van der Waals surface area contributed by atoms with Gasteiger partial charge in [-0.1, -0.05) is 13.3 Å². The maximum atomic E-state index is 13.2. The summed E-state index contributed by atoms with van der Waals surface area (Å²) in [5.41, 5.74) is -0.658. The van der Waals surface area contributed by atoms with Gasteiger partial charge in [0, 0.05) is 12.5 Å². The van der Waals surface area contributed by atoms with E-state index in [1.165, 1.54) is 30.6 Å². The van der Waals surface area contributed by atoms with Crippen LogP contribution in [0.3, 0.4) is 0 Å². The lowest BCUT2D eigenvalue weighted by molar-refractivity contribution is -0.141. The molecular weight excluding hydrogens is 297 g/mol. The molecule has 0 saturated heterocycles. The average Bonchev–Trinajstić information content (AvgIpc) is 3.12. The summed E-state index contributed by atoms with van der Waals surface area (Å²) in [5, 5.41) is 3.80. The first kappa shape index (κ1) is 15.3. The predicted molar refractivity (Wildman–Crippen MR) is 77.3 cm³/mol. The Labute approximate surface area is 127 Å². The van der Waals surface area contributed by atoms with E-state index < -0.39 is 11.9 Å². The van der Waals surface area contributed by atoms with Crippen molar-refractivity contribution in [1.29, 1.82) is 0 Å². The van der Waals surface area contributed by atoms with Crippen molar-refractivity contribution in [2.24, 2.45) is 11.8 Å². The number of hydrogen-bond donors (Lipinski definition) is 1. The number of alkyl halides is 3. The third-order valence-corrected chi connectivity index (χ3v) is 5.94. The van der Waals surface area contributed by atoms with Gasteiger partial charge < -0.3 is 5.32 Å². The van der Waals surface area contributed by atoms with Crippen molar-refractivity contribution >= 4 is 11.3 Å². The maximum absolute atomic E-state index is 13.2. The van der Waals surface area contributed by atoms with E-state index in [4.69, 9.17) is 0 Å². The molecule has 1 aromatic rings.